The van der Waals surface area contributed by atoms with E-state index in [1.807, 2.05) is 30.3 Å². The predicted octanol–water partition coefficient (Wildman–Crippen LogP) is 4.63. The molecular formula is C17H18BrFO. The Bertz CT molecular complexity index is 542. The smallest absolute Gasteiger partial charge is 0.168 e. The van der Waals surface area contributed by atoms with Crippen molar-refractivity contribution >= 4 is 15.9 Å². The molecule has 0 spiro atoms. The van der Waals surface area contributed by atoms with Gasteiger partial charge in [-0.05, 0) is 36.0 Å². The second kappa shape index (κ2) is 7.44. The van der Waals surface area contributed by atoms with Crippen LogP contribution in [0.15, 0.2) is 48.5 Å². The van der Waals surface area contributed by atoms with Crippen LogP contribution in [0, 0.1) is 11.7 Å². The lowest BCUT2D eigenvalue weighted by Crippen LogP contribution is -2.11. The lowest BCUT2D eigenvalue weighted by atomic mass is 9.94. The molecule has 2 aromatic carbocycles. The van der Waals surface area contributed by atoms with Crippen molar-refractivity contribution in [3.63, 3.8) is 0 Å². The van der Waals surface area contributed by atoms with E-state index < -0.39 is 0 Å². The second-order valence-corrected chi connectivity index (χ2v) is 5.50. The van der Waals surface area contributed by atoms with Gasteiger partial charge in [0.25, 0.3) is 0 Å². The standard InChI is InChI=1S/C17H18BrFO/c1-20-16-9-5-8-15(17(16)19)11-14(12-18)10-13-6-3-2-4-7-13/h2-9,14H,10-12H2,1H3. The maximum absolute atomic E-state index is 14.2. The summed E-state index contributed by atoms with van der Waals surface area (Å²) < 4.78 is 19.2. The second-order valence-electron chi connectivity index (χ2n) is 4.85. The van der Waals surface area contributed by atoms with Gasteiger partial charge in [-0.25, -0.2) is 4.39 Å². The highest BCUT2D eigenvalue weighted by Gasteiger charge is 2.14. The number of rotatable bonds is 6. The Balaban J connectivity index is 2.10. The molecule has 0 N–H and O–H groups in total. The Labute approximate surface area is 127 Å². The van der Waals surface area contributed by atoms with E-state index >= 15 is 0 Å². The molecule has 1 nitrogen and oxygen atoms in total. The normalized spacial score (nSPS) is 12.2. The minimum Gasteiger partial charge on any atom is -0.494 e. The summed E-state index contributed by atoms with van der Waals surface area (Å²) in [5.41, 5.74) is 1.99. The SMILES string of the molecule is COc1cccc(CC(CBr)Cc2ccccc2)c1F. The Hall–Kier alpha value is -1.35. The fourth-order valence-electron chi connectivity index (χ4n) is 2.31. The van der Waals surface area contributed by atoms with Crippen molar-refractivity contribution in [2.45, 2.75) is 12.8 Å². The minimum atomic E-state index is -0.242. The van der Waals surface area contributed by atoms with E-state index in [4.69, 9.17) is 4.74 Å². The van der Waals surface area contributed by atoms with Gasteiger partial charge in [0.15, 0.2) is 11.6 Å². The maximum atomic E-state index is 14.2. The van der Waals surface area contributed by atoms with Gasteiger partial charge in [-0.3, -0.25) is 0 Å². The first-order valence-electron chi connectivity index (χ1n) is 6.66. The quantitative estimate of drug-likeness (QED) is 0.699. The molecule has 0 bridgehead atoms. The monoisotopic (exact) mass is 336 g/mol. The largest absolute Gasteiger partial charge is 0.494 e. The third-order valence-electron chi connectivity index (χ3n) is 3.36. The summed E-state index contributed by atoms with van der Waals surface area (Å²) in [4.78, 5) is 0. The Morgan fingerprint density at radius 1 is 1.05 bits per heavy atom. The fraction of sp³-hybridized carbons (Fsp3) is 0.294. The van der Waals surface area contributed by atoms with Crippen LogP contribution in [-0.2, 0) is 12.8 Å². The summed E-state index contributed by atoms with van der Waals surface area (Å²) in [6, 6.07) is 15.6. The van der Waals surface area contributed by atoms with Crippen LogP contribution in [-0.4, -0.2) is 12.4 Å². The van der Waals surface area contributed by atoms with E-state index in [2.05, 4.69) is 28.1 Å². The molecule has 0 fully saturated rings. The number of hydrogen-bond acceptors (Lipinski definition) is 1. The van der Waals surface area contributed by atoms with Crippen LogP contribution < -0.4 is 4.74 Å². The van der Waals surface area contributed by atoms with E-state index in [-0.39, 0.29) is 5.82 Å². The van der Waals surface area contributed by atoms with Crippen molar-refractivity contribution in [3.8, 4) is 5.75 Å². The average molecular weight is 337 g/mol. The van der Waals surface area contributed by atoms with Crippen molar-refractivity contribution in [1.82, 2.24) is 0 Å². The molecular weight excluding hydrogens is 319 g/mol. The van der Waals surface area contributed by atoms with Gasteiger partial charge in [0, 0.05) is 5.33 Å². The predicted molar refractivity (Wildman–Crippen MR) is 84.1 cm³/mol. The van der Waals surface area contributed by atoms with Crippen LogP contribution in [0.1, 0.15) is 11.1 Å². The van der Waals surface area contributed by atoms with Gasteiger partial charge in [-0.1, -0.05) is 58.4 Å². The molecule has 0 aromatic heterocycles. The number of ether oxygens (including phenoxy) is 1. The summed E-state index contributed by atoms with van der Waals surface area (Å²) in [5.74, 6) is 0.434. The minimum absolute atomic E-state index is 0.242. The molecule has 106 valence electrons. The molecule has 0 aliphatic carbocycles. The van der Waals surface area contributed by atoms with Crippen LogP contribution in [0.3, 0.4) is 0 Å². The zero-order chi connectivity index (χ0) is 14.4. The molecule has 0 radical (unpaired) electrons. The van der Waals surface area contributed by atoms with E-state index in [9.17, 15) is 4.39 Å². The first kappa shape index (κ1) is 15.0. The number of methoxy groups -OCH3 is 1. The molecule has 0 saturated heterocycles. The molecule has 20 heavy (non-hydrogen) atoms. The number of alkyl halides is 1. The van der Waals surface area contributed by atoms with Gasteiger partial charge < -0.3 is 4.74 Å². The molecule has 0 aliphatic heterocycles. The van der Waals surface area contributed by atoms with E-state index in [0.29, 0.717) is 23.7 Å². The molecule has 1 atom stereocenters. The van der Waals surface area contributed by atoms with Gasteiger partial charge in [0.2, 0.25) is 0 Å². The van der Waals surface area contributed by atoms with Crippen molar-refractivity contribution in [1.29, 1.82) is 0 Å². The lowest BCUT2D eigenvalue weighted by molar-refractivity contribution is 0.382. The zero-order valence-electron chi connectivity index (χ0n) is 11.5. The lowest BCUT2D eigenvalue weighted by Gasteiger charge is -2.15. The summed E-state index contributed by atoms with van der Waals surface area (Å²) in [6.45, 7) is 0. The van der Waals surface area contributed by atoms with Crippen molar-refractivity contribution in [2.24, 2.45) is 5.92 Å². The Kier molecular flexibility index (Phi) is 5.60. The van der Waals surface area contributed by atoms with Crippen molar-refractivity contribution < 1.29 is 9.13 Å². The molecule has 0 saturated carbocycles. The maximum Gasteiger partial charge on any atom is 0.168 e. The van der Waals surface area contributed by atoms with Crippen molar-refractivity contribution in [3.05, 3.63) is 65.5 Å². The highest BCUT2D eigenvalue weighted by Crippen LogP contribution is 2.24. The molecule has 3 heteroatoms. The zero-order valence-corrected chi connectivity index (χ0v) is 13.1. The Morgan fingerprint density at radius 2 is 1.80 bits per heavy atom. The van der Waals surface area contributed by atoms with E-state index in [0.717, 1.165) is 11.8 Å². The summed E-state index contributed by atoms with van der Waals surface area (Å²) >= 11 is 3.54. The molecule has 2 rings (SSSR count). The average Bonchev–Trinajstić information content (AvgIpc) is 2.49. The molecule has 1 unspecified atom stereocenters. The van der Waals surface area contributed by atoms with Crippen LogP contribution in [0.2, 0.25) is 0 Å². The number of hydrogen-bond donors (Lipinski definition) is 0. The van der Waals surface area contributed by atoms with Crippen molar-refractivity contribution in [2.75, 3.05) is 12.4 Å². The van der Waals surface area contributed by atoms with Gasteiger partial charge in [0.05, 0.1) is 7.11 Å². The molecule has 0 aliphatic rings. The van der Waals surface area contributed by atoms with E-state index in [1.54, 1.807) is 6.07 Å². The number of benzene rings is 2. The van der Waals surface area contributed by atoms with Crippen LogP contribution in [0.5, 0.6) is 5.75 Å². The third-order valence-corrected chi connectivity index (χ3v) is 4.27. The van der Waals surface area contributed by atoms with Crippen LogP contribution in [0.25, 0.3) is 0 Å². The van der Waals surface area contributed by atoms with Gasteiger partial charge in [0.1, 0.15) is 0 Å². The fourth-order valence-corrected chi connectivity index (χ4v) is 2.77. The van der Waals surface area contributed by atoms with E-state index in [1.165, 1.54) is 12.7 Å². The first-order valence-corrected chi connectivity index (χ1v) is 7.78. The first-order chi connectivity index (χ1) is 9.74. The summed E-state index contributed by atoms with van der Waals surface area (Å²) in [7, 11) is 1.49. The molecule has 0 heterocycles. The Morgan fingerprint density at radius 3 is 2.45 bits per heavy atom. The third kappa shape index (κ3) is 3.83. The highest BCUT2D eigenvalue weighted by molar-refractivity contribution is 9.09. The topological polar surface area (TPSA) is 9.23 Å². The number of halogens is 2. The molecule has 2 aromatic rings. The highest BCUT2D eigenvalue weighted by atomic mass is 79.9. The van der Waals surface area contributed by atoms with Gasteiger partial charge in [-0.15, -0.1) is 0 Å². The van der Waals surface area contributed by atoms with Crippen LogP contribution >= 0.6 is 15.9 Å². The van der Waals surface area contributed by atoms with Crippen LogP contribution in [0.4, 0.5) is 4.39 Å². The summed E-state index contributed by atoms with van der Waals surface area (Å²) in [5, 5.41) is 0.846. The van der Waals surface area contributed by atoms with Gasteiger partial charge in [-0.2, -0.15) is 0 Å². The van der Waals surface area contributed by atoms with Gasteiger partial charge >= 0.3 is 0 Å². The summed E-state index contributed by atoms with van der Waals surface area (Å²) in [6.07, 6.45) is 1.63. The molecule has 0 amide bonds.